The van der Waals surface area contributed by atoms with Gasteiger partial charge in [-0.3, -0.25) is 0 Å². The number of esters is 1. The number of aromatic nitrogens is 2. The Hall–Kier alpha value is -3.02. The first-order valence-electron chi connectivity index (χ1n) is 7.76. The third-order valence-electron chi connectivity index (χ3n) is 3.86. The van der Waals surface area contributed by atoms with Gasteiger partial charge in [-0.05, 0) is 31.2 Å². The lowest BCUT2D eigenvalue weighted by atomic mass is 10.1. The zero-order chi connectivity index (χ0) is 16.5. The van der Waals surface area contributed by atoms with E-state index < -0.39 is 12.1 Å². The summed E-state index contributed by atoms with van der Waals surface area (Å²) in [4.78, 5) is 20.1. The van der Waals surface area contributed by atoms with Gasteiger partial charge < -0.3 is 19.2 Å². The molecule has 0 aliphatic carbocycles. The molecule has 0 amide bonds. The van der Waals surface area contributed by atoms with Crippen molar-refractivity contribution < 1.29 is 19.0 Å². The third-order valence-corrected chi connectivity index (χ3v) is 3.86. The highest BCUT2D eigenvalue weighted by Crippen LogP contribution is 2.34. The van der Waals surface area contributed by atoms with E-state index in [2.05, 4.69) is 9.97 Å². The molecule has 0 radical (unpaired) electrons. The number of para-hydroxylation sites is 3. The Labute approximate surface area is 138 Å². The molecular formula is C18H16N2O4. The molecular weight excluding hydrogens is 308 g/mol. The van der Waals surface area contributed by atoms with Crippen LogP contribution in [0.4, 0.5) is 0 Å². The van der Waals surface area contributed by atoms with Gasteiger partial charge in [-0.15, -0.1) is 0 Å². The summed E-state index contributed by atoms with van der Waals surface area (Å²) in [6.45, 7) is 2.67. The van der Waals surface area contributed by atoms with Crippen molar-refractivity contribution >= 4 is 17.0 Å². The van der Waals surface area contributed by atoms with E-state index in [1.54, 1.807) is 25.1 Å². The Kier molecular flexibility index (Phi) is 3.57. The van der Waals surface area contributed by atoms with Gasteiger partial charge >= 0.3 is 5.97 Å². The first-order valence-corrected chi connectivity index (χ1v) is 7.76. The van der Waals surface area contributed by atoms with E-state index in [1.165, 1.54) is 0 Å². The van der Waals surface area contributed by atoms with Crippen LogP contribution in [-0.2, 0) is 4.74 Å². The van der Waals surface area contributed by atoms with E-state index in [4.69, 9.17) is 14.2 Å². The molecule has 1 atom stereocenters. The Balaban J connectivity index is 1.57. The number of nitrogens with zero attached hydrogens (tertiary/aromatic N) is 1. The van der Waals surface area contributed by atoms with E-state index in [-0.39, 0.29) is 0 Å². The highest BCUT2D eigenvalue weighted by Gasteiger charge is 2.24. The quantitative estimate of drug-likeness (QED) is 0.749. The molecule has 1 aromatic heterocycles. The van der Waals surface area contributed by atoms with Crippen molar-refractivity contribution in [2.45, 2.75) is 13.0 Å². The van der Waals surface area contributed by atoms with Gasteiger partial charge in [0.15, 0.2) is 17.6 Å². The van der Waals surface area contributed by atoms with Gasteiger partial charge in [0.2, 0.25) is 0 Å². The van der Waals surface area contributed by atoms with Crippen LogP contribution in [0.3, 0.4) is 0 Å². The van der Waals surface area contributed by atoms with Crippen molar-refractivity contribution in [2.24, 2.45) is 0 Å². The maximum Gasteiger partial charge on any atom is 0.342 e. The number of carbonyl (C=O) groups is 1. The van der Waals surface area contributed by atoms with Crippen molar-refractivity contribution in [3.63, 3.8) is 0 Å². The summed E-state index contributed by atoms with van der Waals surface area (Å²) in [5.41, 5.74) is 2.10. The molecule has 0 saturated carbocycles. The van der Waals surface area contributed by atoms with Crippen LogP contribution in [0.15, 0.2) is 42.5 Å². The number of imidazole rings is 1. The standard InChI is InChI=1S/C18H16N2O4/c1-11(17-19-13-6-2-3-7-14(13)20-17)24-18(21)12-5-4-8-15-16(12)23-10-9-22-15/h2-8,11H,9-10H2,1H3,(H,19,20). The van der Waals surface area contributed by atoms with Crippen LogP contribution in [0.25, 0.3) is 11.0 Å². The molecule has 3 aromatic rings. The van der Waals surface area contributed by atoms with Crippen molar-refractivity contribution in [1.29, 1.82) is 0 Å². The summed E-state index contributed by atoms with van der Waals surface area (Å²) < 4.78 is 16.6. The summed E-state index contributed by atoms with van der Waals surface area (Å²) in [5, 5.41) is 0. The molecule has 0 spiro atoms. The van der Waals surface area contributed by atoms with E-state index in [9.17, 15) is 4.79 Å². The molecule has 1 unspecified atom stereocenters. The molecule has 122 valence electrons. The molecule has 6 nitrogen and oxygen atoms in total. The Morgan fingerprint density at radius 2 is 2.00 bits per heavy atom. The zero-order valence-electron chi connectivity index (χ0n) is 13.1. The second kappa shape index (κ2) is 5.88. The minimum atomic E-state index is -0.509. The second-order valence-electron chi connectivity index (χ2n) is 5.52. The average Bonchev–Trinajstić information content (AvgIpc) is 3.05. The summed E-state index contributed by atoms with van der Waals surface area (Å²) >= 11 is 0. The molecule has 1 aliphatic rings. The van der Waals surface area contributed by atoms with Gasteiger partial charge in [0.05, 0.1) is 11.0 Å². The summed E-state index contributed by atoms with van der Waals surface area (Å²) in [5.74, 6) is 1.13. The zero-order valence-corrected chi connectivity index (χ0v) is 13.1. The smallest absolute Gasteiger partial charge is 0.342 e. The molecule has 1 aliphatic heterocycles. The lowest BCUT2D eigenvalue weighted by Gasteiger charge is -2.20. The first-order chi connectivity index (χ1) is 11.7. The number of aromatic amines is 1. The number of hydrogen-bond acceptors (Lipinski definition) is 5. The van der Waals surface area contributed by atoms with E-state index >= 15 is 0 Å². The molecule has 4 rings (SSSR count). The predicted octanol–water partition coefficient (Wildman–Crippen LogP) is 3.25. The number of H-pyrrole nitrogens is 1. The van der Waals surface area contributed by atoms with Crippen LogP contribution in [-0.4, -0.2) is 29.2 Å². The van der Waals surface area contributed by atoms with Crippen LogP contribution in [0.5, 0.6) is 11.5 Å². The first kappa shape index (κ1) is 14.6. The van der Waals surface area contributed by atoms with Crippen LogP contribution in [0.1, 0.15) is 29.2 Å². The van der Waals surface area contributed by atoms with Gasteiger partial charge in [-0.2, -0.15) is 0 Å². The Morgan fingerprint density at radius 1 is 1.17 bits per heavy atom. The lowest BCUT2D eigenvalue weighted by molar-refractivity contribution is 0.0313. The number of hydrogen-bond donors (Lipinski definition) is 1. The van der Waals surface area contributed by atoms with Crippen molar-refractivity contribution in [2.75, 3.05) is 13.2 Å². The monoisotopic (exact) mass is 324 g/mol. The molecule has 6 heteroatoms. The van der Waals surface area contributed by atoms with Crippen LogP contribution in [0, 0.1) is 0 Å². The van der Waals surface area contributed by atoms with Gasteiger partial charge in [0.25, 0.3) is 0 Å². The Morgan fingerprint density at radius 3 is 2.88 bits per heavy atom. The molecule has 0 bridgehead atoms. The topological polar surface area (TPSA) is 73.4 Å². The molecule has 0 fully saturated rings. The molecule has 2 heterocycles. The normalized spacial score (nSPS) is 14.4. The molecule has 0 saturated heterocycles. The fourth-order valence-corrected chi connectivity index (χ4v) is 2.68. The van der Waals surface area contributed by atoms with Gasteiger partial charge in [-0.25, -0.2) is 9.78 Å². The second-order valence-corrected chi connectivity index (χ2v) is 5.52. The van der Waals surface area contributed by atoms with Crippen LogP contribution in [0.2, 0.25) is 0 Å². The van der Waals surface area contributed by atoms with Crippen LogP contribution >= 0.6 is 0 Å². The number of fused-ring (bicyclic) bond motifs is 2. The lowest BCUT2D eigenvalue weighted by Crippen LogP contribution is -2.19. The fraction of sp³-hybridized carbons (Fsp3) is 0.222. The SMILES string of the molecule is CC(OC(=O)c1cccc2c1OCCO2)c1nc2ccccc2[nH]1. The average molecular weight is 324 g/mol. The van der Waals surface area contributed by atoms with E-state index in [0.717, 1.165) is 11.0 Å². The molecule has 24 heavy (non-hydrogen) atoms. The number of ether oxygens (including phenoxy) is 3. The summed E-state index contributed by atoms with van der Waals surface area (Å²) in [6, 6.07) is 12.9. The maximum atomic E-state index is 12.5. The van der Waals surface area contributed by atoms with E-state index in [0.29, 0.717) is 36.1 Å². The third kappa shape index (κ3) is 2.56. The predicted molar refractivity (Wildman–Crippen MR) is 87.4 cm³/mol. The molecule has 2 aromatic carbocycles. The van der Waals surface area contributed by atoms with Gasteiger partial charge in [0, 0.05) is 0 Å². The van der Waals surface area contributed by atoms with E-state index in [1.807, 2.05) is 24.3 Å². The Bertz CT molecular complexity index is 870. The van der Waals surface area contributed by atoms with Crippen molar-refractivity contribution in [3.05, 3.63) is 53.9 Å². The minimum Gasteiger partial charge on any atom is -0.486 e. The van der Waals surface area contributed by atoms with Gasteiger partial charge in [0.1, 0.15) is 24.6 Å². The molecule has 1 N–H and O–H groups in total. The fourth-order valence-electron chi connectivity index (χ4n) is 2.68. The number of carbonyl (C=O) groups excluding carboxylic acids is 1. The summed E-state index contributed by atoms with van der Waals surface area (Å²) in [6.07, 6.45) is -0.509. The largest absolute Gasteiger partial charge is 0.486 e. The minimum absolute atomic E-state index is 0.357. The maximum absolute atomic E-state index is 12.5. The van der Waals surface area contributed by atoms with Crippen LogP contribution < -0.4 is 9.47 Å². The highest BCUT2D eigenvalue weighted by atomic mass is 16.6. The van der Waals surface area contributed by atoms with Crippen molar-refractivity contribution in [3.8, 4) is 11.5 Å². The number of nitrogens with one attached hydrogen (secondary N) is 1. The number of rotatable bonds is 3. The number of benzene rings is 2. The van der Waals surface area contributed by atoms with Gasteiger partial charge in [-0.1, -0.05) is 18.2 Å². The van der Waals surface area contributed by atoms with Crippen molar-refractivity contribution in [1.82, 2.24) is 9.97 Å². The summed E-state index contributed by atoms with van der Waals surface area (Å²) in [7, 11) is 0. The highest BCUT2D eigenvalue weighted by molar-refractivity contribution is 5.93.